The summed E-state index contributed by atoms with van der Waals surface area (Å²) in [7, 11) is 9.48. The molecule has 1 aromatic rings. The van der Waals surface area contributed by atoms with Crippen LogP contribution in [0.2, 0.25) is 0 Å². The zero-order valence-electron chi connectivity index (χ0n) is 20.0. The minimum Gasteiger partial charge on any atom is -0.496 e. The third-order valence-corrected chi connectivity index (χ3v) is 11.9. The van der Waals surface area contributed by atoms with Gasteiger partial charge in [-0.2, -0.15) is 0 Å². The first-order valence-corrected chi connectivity index (χ1v) is 16.9. The molecule has 2 heterocycles. The fourth-order valence-corrected chi connectivity index (χ4v) is 9.97. The second-order valence-corrected chi connectivity index (χ2v) is 14.2. The predicted octanol–water partition coefficient (Wildman–Crippen LogP) is 7.21. The largest absolute Gasteiger partial charge is 0.496 e. The van der Waals surface area contributed by atoms with E-state index in [0.29, 0.717) is 18.6 Å². The first-order chi connectivity index (χ1) is 16.6. The van der Waals surface area contributed by atoms with Crippen molar-refractivity contribution < 1.29 is 23.8 Å². The van der Waals surface area contributed by atoms with Gasteiger partial charge in [0, 0.05) is 40.4 Å². The van der Waals surface area contributed by atoms with Gasteiger partial charge in [-0.3, -0.25) is 9.59 Å². The average molecular weight is 545 g/mol. The van der Waals surface area contributed by atoms with Gasteiger partial charge in [-0.1, -0.05) is 62.1 Å². The zero-order chi connectivity index (χ0) is 24.0. The Labute approximate surface area is 219 Å². The first kappa shape index (κ1) is 27.9. The van der Waals surface area contributed by atoms with Crippen molar-refractivity contribution in [1.29, 1.82) is 0 Å². The molecule has 0 bridgehead atoms. The molecule has 0 N–H and O–H groups in total. The van der Waals surface area contributed by atoms with Gasteiger partial charge >= 0.3 is 11.9 Å². The molecule has 2 aliphatic rings. The molecule has 0 radical (unpaired) electrons. The van der Waals surface area contributed by atoms with E-state index < -0.39 is 0 Å². The lowest BCUT2D eigenvalue weighted by Crippen LogP contribution is -2.08. The summed E-state index contributed by atoms with van der Waals surface area (Å²) >= 11 is 0. The van der Waals surface area contributed by atoms with Crippen LogP contribution < -0.4 is 4.74 Å². The van der Waals surface area contributed by atoms with Crippen molar-refractivity contribution in [2.75, 3.05) is 18.6 Å². The summed E-state index contributed by atoms with van der Waals surface area (Å²) in [6.45, 7) is 0.382. The summed E-state index contributed by atoms with van der Waals surface area (Å²) in [5.41, 5.74) is 1.65. The van der Waals surface area contributed by atoms with Crippen molar-refractivity contribution in [2.24, 2.45) is 0 Å². The molecular formula is C25H36O5S4. The number of ether oxygens (including phenoxy) is 3. The molecule has 2 unspecified atom stereocenters. The molecule has 0 spiro atoms. The molecule has 3 rings (SSSR count). The van der Waals surface area contributed by atoms with Crippen LogP contribution in [0.15, 0.2) is 18.2 Å². The Hall–Kier alpha value is -0.640. The summed E-state index contributed by atoms with van der Waals surface area (Å²) in [6.07, 6.45) is 9.72. The maximum atomic E-state index is 12.2. The standard InChI is InChI=1S/C25H36O5S4/c1-28-23-11-10-19(17-29-24(26)8-4-2-6-21-12-14-31-33-21)16-20(23)18-30-25(27)9-5-3-7-22-13-15-32-34-22/h10-11,16,21-22H,2-9,12-15,17-18H2,1H3. The van der Waals surface area contributed by atoms with E-state index in [1.54, 1.807) is 7.11 Å². The Bertz CT molecular complexity index is 764. The van der Waals surface area contributed by atoms with Crippen LogP contribution in [0, 0.1) is 0 Å². The second-order valence-electron chi connectivity index (χ2n) is 8.62. The normalized spacial score (nSPS) is 19.8. The van der Waals surface area contributed by atoms with Crippen molar-refractivity contribution in [3.8, 4) is 5.75 Å². The highest BCUT2D eigenvalue weighted by atomic mass is 33.1. The van der Waals surface area contributed by atoms with Crippen LogP contribution in [0.3, 0.4) is 0 Å². The first-order valence-electron chi connectivity index (χ1n) is 12.2. The van der Waals surface area contributed by atoms with E-state index in [0.717, 1.165) is 47.3 Å². The highest BCUT2D eigenvalue weighted by molar-refractivity contribution is 8.77. The number of benzene rings is 1. The van der Waals surface area contributed by atoms with Gasteiger partial charge in [0.2, 0.25) is 0 Å². The third-order valence-electron chi connectivity index (χ3n) is 5.90. The fourth-order valence-electron chi connectivity index (χ4n) is 3.91. The molecule has 5 nitrogen and oxygen atoms in total. The van der Waals surface area contributed by atoms with Crippen molar-refractivity contribution in [1.82, 2.24) is 0 Å². The van der Waals surface area contributed by atoms with Crippen LogP contribution in [0.1, 0.15) is 75.3 Å². The molecule has 0 aliphatic carbocycles. The average Bonchev–Trinajstić information content (AvgIpc) is 3.56. The maximum Gasteiger partial charge on any atom is 0.306 e. The number of carbonyl (C=O) groups is 2. The van der Waals surface area contributed by atoms with Gasteiger partial charge in [0.1, 0.15) is 19.0 Å². The topological polar surface area (TPSA) is 61.8 Å². The minimum atomic E-state index is -0.179. The number of methoxy groups -OCH3 is 1. The van der Waals surface area contributed by atoms with E-state index in [9.17, 15) is 9.59 Å². The van der Waals surface area contributed by atoms with Crippen LogP contribution >= 0.6 is 43.2 Å². The van der Waals surface area contributed by atoms with Gasteiger partial charge in [0.25, 0.3) is 0 Å². The highest BCUT2D eigenvalue weighted by Gasteiger charge is 2.17. The Morgan fingerprint density at radius 2 is 1.44 bits per heavy atom. The maximum absolute atomic E-state index is 12.2. The van der Waals surface area contributed by atoms with E-state index in [2.05, 4.69) is 0 Å². The monoisotopic (exact) mass is 544 g/mol. The van der Waals surface area contributed by atoms with Crippen LogP contribution in [-0.2, 0) is 32.3 Å². The molecule has 2 aliphatic heterocycles. The van der Waals surface area contributed by atoms with Gasteiger partial charge < -0.3 is 14.2 Å². The van der Waals surface area contributed by atoms with Crippen LogP contribution in [0.5, 0.6) is 5.75 Å². The summed E-state index contributed by atoms with van der Waals surface area (Å²) in [4.78, 5) is 24.3. The van der Waals surface area contributed by atoms with Crippen molar-refractivity contribution in [2.45, 2.75) is 87.9 Å². The Morgan fingerprint density at radius 1 is 0.853 bits per heavy atom. The molecule has 2 saturated heterocycles. The van der Waals surface area contributed by atoms with Crippen LogP contribution in [0.25, 0.3) is 0 Å². The number of hydrogen-bond acceptors (Lipinski definition) is 9. The van der Waals surface area contributed by atoms with E-state index >= 15 is 0 Å². The van der Waals surface area contributed by atoms with E-state index in [4.69, 9.17) is 14.2 Å². The lowest BCUT2D eigenvalue weighted by Gasteiger charge is -2.12. The van der Waals surface area contributed by atoms with E-state index in [-0.39, 0.29) is 25.2 Å². The fraction of sp³-hybridized carbons (Fsp3) is 0.680. The molecule has 0 saturated carbocycles. The van der Waals surface area contributed by atoms with Gasteiger partial charge in [-0.15, -0.1) is 0 Å². The van der Waals surface area contributed by atoms with Crippen molar-refractivity contribution in [3.05, 3.63) is 29.3 Å². The number of esters is 2. The minimum absolute atomic E-state index is 0.160. The molecular weight excluding hydrogens is 509 g/mol. The van der Waals surface area contributed by atoms with Gasteiger partial charge in [-0.05, 0) is 56.2 Å². The Morgan fingerprint density at radius 3 is 1.97 bits per heavy atom. The highest BCUT2D eigenvalue weighted by Crippen LogP contribution is 2.40. The van der Waals surface area contributed by atoms with Gasteiger partial charge in [0.05, 0.1) is 7.11 Å². The molecule has 34 heavy (non-hydrogen) atoms. The quantitative estimate of drug-likeness (QED) is 0.129. The molecule has 0 amide bonds. The van der Waals surface area contributed by atoms with Crippen molar-refractivity contribution >= 4 is 55.1 Å². The molecule has 1 aromatic carbocycles. The smallest absolute Gasteiger partial charge is 0.306 e. The SMILES string of the molecule is COc1ccc(COC(=O)CCCCC2CCSS2)cc1COC(=O)CCCCC1CCSS1. The Kier molecular flexibility index (Phi) is 13.3. The van der Waals surface area contributed by atoms with Gasteiger partial charge in [0.15, 0.2) is 0 Å². The third kappa shape index (κ3) is 10.5. The lowest BCUT2D eigenvalue weighted by atomic mass is 10.1. The van der Waals surface area contributed by atoms with E-state index in [1.807, 2.05) is 61.4 Å². The summed E-state index contributed by atoms with van der Waals surface area (Å²) in [5.74, 6) is 2.83. The summed E-state index contributed by atoms with van der Waals surface area (Å²) < 4.78 is 16.4. The zero-order valence-corrected chi connectivity index (χ0v) is 23.2. The molecule has 2 fully saturated rings. The Balaban J connectivity index is 1.33. The molecule has 9 heteroatoms. The number of hydrogen-bond donors (Lipinski definition) is 0. The molecule has 190 valence electrons. The number of carbonyl (C=O) groups excluding carboxylic acids is 2. The second kappa shape index (κ2) is 16.2. The van der Waals surface area contributed by atoms with Crippen LogP contribution in [0.4, 0.5) is 0 Å². The summed E-state index contributed by atoms with van der Waals surface area (Å²) in [6, 6.07) is 5.61. The number of rotatable bonds is 15. The van der Waals surface area contributed by atoms with Crippen LogP contribution in [-0.4, -0.2) is 41.1 Å². The van der Waals surface area contributed by atoms with Crippen molar-refractivity contribution in [3.63, 3.8) is 0 Å². The summed E-state index contributed by atoms with van der Waals surface area (Å²) in [5, 5.41) is 1.50. The predicted molar refractivity (Wildman–Crippen MR) is 146 cm³/mol. The van der Waals surface area contributed by atoms with Gasteiger partial charge in [-0.25, -0.2) is 0 Å². The number of unbranched alkanes of at least 4 members (excludes halogenated alkanes) is 2. The lowest BCUT2D eigenvalue weighted by molar-refractivity contribution is -0.145. The molecule has 2 atom stereocenters. The molecule has 0 aromatic heterocycles. The van der Waals surface area contributed by atoms with E-state index in [1.165, 1.54) is 37.2 Å².